The van der Waals surface area contributed by atoms with Gasteiger partial charge in [-0.2, -0.15) is 0 Å². The smallest absolute Gasteiger partial charge is 0.0234 e. The van der Waals surface area contributed by atoms with Crippen molar-refractivity contribution >= 4 is 15.9 Å². The van der Waals surface area contributed by atoms with Gasteiger partial charge in [0.05, 0.1) is 0 Å². The molecule has 0 radical (unpaired) electrons. The van der Waals surface area contributed by atoms with E-state index in [1.165, 1.54) is 12.0 Å². The average molecular weight is 271 g/mol. The molecular formula is C12H19BrN2. The number of hydrogen-bond acceptors (Lipinski definition) is 2. The van der Waals surface area contributed by atoms with Crippen LogP contribution in [0.3, 0.4) is 0 Å². The average Bonchev–Trinajstić information content (AvgIpc) is 2.22. The molecule has 2 N–H and O–H groups in total. The SMILES string of the molecule is CCCN(CCN)Cc1ccc(Br)cc1. The molecule has 0 aliphatic heterocycles. The Bertz CT molecular complexity index is 265. The van der Waals surface area contributed by atoms with Crippen LogP contribution < -0.4 is 5.73 Å². The molecule has 0 fully saturated rings. The normalized spacial score (nSPS) is 10.9. The van der Waals surface area contributed by atoms with E-state index in [2.05, 4.69) is 52.0 Å². The maximum atomic E-state index is 5.59. The molecule has 2 nitrogen and oxygen atoms in total. The Morgan fingerprint density at radius 3 is 2.40 bits per heavy atom. The van der Waals surface area contributed by atoms with Crippen molar-refractivity contribution in [2.75, 3.05) is 19.6 Å². The lowest BCUT2D eigenvalue weighted by Gasteiger charge is -2.20. The van der Waals surface area contributed by atoms with Gasteiger partial charge in [-0.1, -0.05) is 35.0 Å². The maximum absolute atomic E-state index is 5.59. The summed E-state index contributed by atoms with van der Waals surface area (Å²) < 4.78 is 1.13. The first kappa shape index (κ1) is 12.7. The van der Waals surface area contributed by atoms with Crippen molar-refractivity contribution in [3.05, 3.63) is 34.3 Å². The van der Waals surface area contributed by atoms with E-state index >= 15 is 0 Å². The van der Waals surface area contributed by atoms with Gasteiger partial charge in [-0.3, -0.25) is 4.90 Å². The molecule has 0 spiro atoms. The molecule has 1 aromatic rings. The third-order valence-electron chi connectivity index (χ3n) is 2.30. The van der Waals surface area contributed by atoms with E-state index in [0.29, 0.717) is 0 Å². The highest BCUT2D eigenvalue weighted by molar-refractivity contribution is 9.10. The van der Waals surface area contributed by atoms with Crippen LogP contribution >= 0.6 is 15.9 Å². The van der Waals surface area contributed by atoms with Gasteiger partial charge in [0, 0.05) is 24.1 Å². The van der Waals surface area contributed by atoms with Gasteiger partial charge in [0.2, 0.25) is 0 Å². The Hall–Kier alpha value is -0.380. The third-order valence-corrected chi connectivity index (χ3v) is 2.83. The number of nitrogens with zero attached hydrogens (tertiary/aromatic N) is 1. The molecule has 0 aliphatic carbocycles. The number of halogens is 1. The van der Waals surface area contributed by atoms with Gasteiger partial charge in [0.15, 0.2) is 0 Å². The molecule has 0 unspecified atom stereocenters. The van der Waals surface area contributed by atoms with Crippen molar-refractivity contribution in [1.29, 1.82) is 0 Å². The molecule has 3 heteroatoms. The zero-order valence-corrected chi connectivity index (χ0v) is 10.8. The van der Waals surface area contributed by atoms with Gasteiger partial charge >= 0.3 is 0 Å². The van der Waals surface area contributed by atoms with Crippen LogP contribution in [-0.2, 0) is 6.54 Å². The van der Waals surface area contributed by atoms with Crippen molar-refractivity contribution in [2.24, 2.45) is 5.73 Å². The topological polar surface area (TPSA) is 29.3 Å². The second-order valence-corrected chi connectivity index (χ2v) is 4.61. The van der Waals surface area contributed by atoms with E-state index in [9.17, 15) is 0 Å². The number of rotatable bonds is 6. The van der Waals surface area contributed by atoms with Gasteiger partial charge in [0.1, 0.15) is 0 Å². The molecule has 0 amide bonds. The fraction of sp³-hybridized carbons (Fsp3) is 0.500. The highest BCUT2D eigenvalue weighted by atomic mass is 79.9. The lowest BCUT2D eigenvalue weighted by molar-refractivity contribution is 0.273. The van der Waals surface area contributed by atoms with Crippen LogP contribution in [0.2, 0.25) is 0 Å². The molecule has 1 aromatic carbocycles. The number of nitrogens with two attached hydrogens (primary N) is 1. The van der Waals surface area contributed by atoms with Crippen molar-refractivity contribution < 1.29 is 0 Å². The standard InChI is InChI=1S/C12H19BrN2/c1-2-8-15(9-7-14)10-11-3-5-12(13)6-4-11/h3-6H,2,7-10,14H2,1H3. The van der Waals surface area contributed by atoms with Crippen LogP contribution in [0.4, 0.5) is 0 Å². The highest BCUT2D eigenvalue weighted by Gasteiger charge is 2.03. The van der Waals surface area contributed by atoms with Crippen LogP contribution in [0, 0.1) is 0 Å². The predicted octanol–water partition coefficient (Wildman–Crippen LogP) is 2.62. The predicted molar refractivity (Wildman–Crippen MR) is 68.8 cm³/mol. The Morgan fingerprint density at radius 2 is 1.87 bits per heavy atom. The lowest BCUT2D eigenvalue weighted by Crippen LogP contribution is -2.29. The third kappa shape index (κ3) is 4.78. The Kier molecular flexibility index (Phi) is 5.91. The van der Waals surface area contributed by atoms with Crippen molar-refractivity contribution in [2.45, 2.75) is 19.9 Å². The summed E-state index contributed by atoms with van der Waals surface area (Å²) in [6.45, 7) is 6.02. The minimum atomic E-state index is 0.733. The quantitative estimate of drug-likeness (QED) is 0.861. The molecular weight excluding hydrogens is 252 g/mol. The molecule has 0 bridgehead atoms. The van der Waals surface area contributed by atoms with Crippen LogP contribution in [0.25, 0.3) is 0 Å². The molecule has 15 heavy (non-hydrogen) atoms. The molecule has 0 atom stereocenters. The Morgan fingerprint density at radius 1 is 1.20 bits per heavy atom. The van der Waals surface area contributed by atoms with Crippen molar-refractivity contribution in [3.8, 4) is 0 Å². The Balaban J connectivity index is 2.53. The second kappa shape index (κ2) is 6.99. The lowest BCUT2D eigenvalue weighted by atomic mass is 10.2. The summed E-state index contributed by atoms with van der Waals surface area (Å²) in [5.41, 5.74) is 6.94. The van der Waals surface area contributed by atoms with Crippen LogP contribution in [0.15, 0.2) is 28.7 Å². The van der Waals surface area contributed by atoms with Crippen LogP contribution in [0.1, 0.15) is 18.9 Å². The van der Waals surface area contributed by atoms with E-state index in [1.54, 1.807) is 0 Å². The monoisotopic (exact) mass is 270 g/mol. The minimum Gasteiger partial charge on any atom is -0.329 e. The molecule has 0 saturated carbocycles. The van der Waals surface area contributed by atoms with E-state index in [4.69, 9.17) is 5.73 Å². The van der Waals surface area contributed by atoms with Gasteiger partial charge in [-0.25, -0.2) is 0 Å². The summed E-state index contributed by atoms with van der Waals surface area (Å²) in [6.07, 6.45) is 1.18. The molecule has 0 aliphatic rings. The van der Waals surface area contributed by atoms with Gasteiger partial charge in [0.25, 0.3) is 0 Å². The van der Waals surface area contributed by atoms with Gasteiger partial charge in [-0.05, 0) is 30.7 Å². The number of hydrogen-bond donors (Lipinski definition) is 1. The summed E-state index contributed by atoms with van der Waals surface area (Å²) >= 11 is 3.44. The fourth-order valence-electron chi connectivity index (χ4n) is 1.62. The summed E-state index contributed by atoms with van der Waals surface area (Å²) in [5.74, 6) is 0. The summed E-state index contributed by atoms with van der Waals surface area (Å²) in [7, 11) is 0. The van der Waals surface area contributed by atoms with E-state index < -0.39 is 0 Å². The van der Waals surface area contributed by atoms with Crippen molar-refractivity contribution in [1.82, 2.24) is 4.90 Å². The van der Waals surface area contributed by atoms with Gasteiger partial charge < -0.3 is 5.73 Å². The molecule has 0 saturated heterocycles. The maximum Gasteiger partial charge on any atom is 0.0234 e. The second-order valence-electron chi connectivity index (χ2n) is 3.69. The molecule has 0 heterocycles. The minimum absolute atomic E-state index is 0.733. The highest BCUT2D eigenvalue weighted by Crippen LogP contribution is 2.12. The van der Waals surface area contributed by atoms with E-state index in [1.807, 2.05) is 0 Å². The first-order valence-corrected chi connectivity index (χ1v) is 6.22. The molecule has 1 rings (SSSR count). The van der Waals surface area contributed by atoms with Gasteiger partial charge in [-0.15, -0.1) is 0 Å². The fourth-order valence-corrected chi connectivity index (χ4v) is 1.88. The first-order chi connectivity index (χ1) is 7.26. The summed E-state index contributed by atoms with van der Waals surface area (Å²) in [5, 5.41) is 0. The summed E-state index contributed by atoms with van der Waals surface area (Å²) in [4.78, 5) is 2.39. The molecule has 0 aromatic heterocycles. The summed E-state index contributed by atoms with van der Waals surface area (Å²) in [6, 6.07) is 8.48. The van der Waals surface area contributed by atoms with E-state index in [0.717, 1.165) is 30.7 Å². The van der Waals surface area contributed by atoms with E-state index in [-0.39, 0.29) is 0 Å². The Labute approximate surface area is 101 Å². The van der Waals surface area contributed by atoms with Crippen molar-refractivity contribution in [3.63, 3.8) is 0 Å². The van der Waals surface area contributed by atoms with Crippen LogP contribution in [-0.4, -0.2) is 24.5 Å². The zero-order chi connectivity index (χ0) is 11.1. The zero-order valence-electron chi connectivity index (χ0n) is 9.25. The first-order valence-electron chi connectivity index (χ1n) is 5.43. The molecule has 84 valence electrons. The van der Waals surface area contributed by atoms with Crippen LogP contribution in [0.5, 0.6) is 0 Å². The largest absolute Gasteiger partial charge is 0.329 e. The number of benzene rings is 1.